The molecule has 0 atom stereocenters. The van der Waals surface area contributed by atoms with Crippen molar-refractivity contribution in [3.8, 4) is 5.75 Å². The lowest BCUT2D eigenvalue weighted by molar-refractivity contribution is -0.135. The Hall–Kier alpha value is -2.01. The lowest BCUT2D eigenvalue weighted by Gasteiger charge is -2.26. The first-order valence-electron chi connectivity index (χ1n) is 6.86. The van der Waals surface area contributed by atoms with Gasteiger partial charge in [0.2, 0.25) is 0 Å². The molecule has 0 bridgehead atoms. The minimum Gasteiger partial charge on any atom is -0.484 e. The van der Waals surface area contributed by atoms with Crippen molar-refractivity contribution in [1.29, 1.82) is 0 Å². The van der Waals surface area contributed by atoms with Crippen molar-refractivity contribution in [1.82, 2.24) is 4.90 Å². The van der Waals surface area contributed by atoms with Crippen LogP contribution in [0.1, 0.15) is 18.7 Å². The van der Waals surface area contributed by atoms with Crippen LogP contribution in [0.2, 0.25) is 0 Å². The van der Waals surface area contributed by atoms with Gasteiger partial charge in [-0.15, -0.1) is 11.3 Å². The van der Waals surface area contributed by atoms with E-state index in [2.05, 4.69) is 0 Å². The van der Waals surface area contributed by atoms with Gasteiger partial charge in [-0.3, -0.25) is 4.79 Å². The number of rotatable bonds is 6. The van der Waals surface area contributed by atoms with E-state index in [1.807, 2.05) is 36.3 Å². The van der Waals surface area contributed by atoms with E-state index in [-0.39, 0.29) is 18.6 Å². The highest BCUT2D eigenvalue weighted by Gasteiger charge is 2.18. The molecule has 4 nitrogen and oxygen atoms in total. The lowest BCUT2D eigenvalue weighted by Crippen LogP contribution is -2.39. The monoisotopic (exact) mass is 304 g/mol. The van der Waals surface area contributed by atoms with Crippen molar-refractivity contribution in [2.75, 3.05) is 12.3 Å². The molecule has 5 heteroatoms. The van der Waals surface area contributed by atoms with Gasteiger partial charge >= 0.3 is 0 Å². The fourth-order valence-electron chi connectivity index (χ4n) is 1.92. The number of nitrogen functional groups attached to an aromatic ring is 1. The van der Waals surface area contributed by atoms with Gasteiger partial charge < -0.3 is 15.4 Å². The Kier molecular flexibility index (Phi) is 5.22. The maximum atomic E-state index is 12.3. The Labute approximate surface area is 129 Å². The normalized spacial score (nSPS) is 10.6. The van der Waals surface area contributed by atoms with Gasteiger partial charge in [-0.05, 0) is 49.6 Å². The van der Waals surface area contributed by atoms with Gasteiger partial charge in [-0.2, -0.15) is 0 Å². The summed E-state index contributed by atoms with van der Waals surface area (Å²) in [7, 11) is 0. The van der Waals surface area contributed by atoms with E-state index in [4.69, 9.17) is 10.5 Å². The Morgan fingerprint density at radius 1 is 1.29 bits per heavy atom. The molecule has 2 rings (SSSR count). The van der Waals surface area contributed by atoms with E-state index in [1.54, 1.807) is 35.6 Å². The van der Waals surface area contributed by atoms with Crippen molar-refractivity contribution < 1.29 is 9.53 Å². The number of amides is 1. The Morgan fingerprint density at radius 2 is 2.00 bits per heavy atom. The van der Waals surface area contributed by atoms with Crippen LogP contribution in [0.3, 0.4) is 0 Å². The summed E-state index contributed by atoms with van der Waals surface area (Å²) >= 11 is 1.65. The molecule has 21 heavy (non-hydrogen) atoms. The molecule has 1 aromatic heterocycles. The number of anilines is 1. The molecule has 0 unspecified atom stereocenters. The Morgan fingerprint density at radius 3 is 2.57 bits per heavy atom. The first-order chi connectivity index (χ1) is 10.1. The molecule has 1 amide bonds. The zero-order valence-corrected chi connectivity index (χ0v) is 13.1. The second-order valence-corrected chi connectivity index (χ2v) is 6.08. The zero-order chi connectivity index (χ0) is 15.2. The van der Waals surface area contributed by atoms with Gasteiger partial charge in [0.1, 0.15) is 5.75 Å². The number of ether oxygens (including phenoxy) is 1. The van der Waals surface area contributed by atoms with E-state index in [0.29, 0.717) is 18.0 Å². The summed E-state index contributed by atoms with van der Waals surface area (Å²) in [5, 5.41) is 2.02. The first-order valence-corrected chi connectivity index (χ1v) is 7.74. The standard InChI is InChI=1S/C16H20N2O2S/c1-12(2)18(10-15-4-3-9-21-15)16(19)11-20-14-7-5-13(17)6-8-14/h3-9,12H,10-11,17H2,1-2H3. The van der Waals surface area contributed by atoms with Crippen molar-refractivity contribution in [3.05, 3.63) is 46.7 Å². The minimum atomic E-state index is -0.0183. The first kappa shape index (κ1) is 15.4. The molecular formula is C16H20N2O2S. The van der Waals surface area contributed by atoms with E-state index in [0.717, 1.165) is 0 Å². The topological polar surface area (TPSA) is 55.6 Å². The second kappa shape index (κ2) is 7.13. The third kappa shape index (κ3) is 4.49. The molecule has 0 saturated heterocycles. The van der Waals surface area contributed by atoms with Gasteiger partial charge in [0.25, 0.3) is 5.91 Å². The van der Waals surface area contributed by atoms with Crippen molar-refractivity contribution >= 4 is 22.9 Å². The predicted octanol–water partition coefficient (Wildman–Crippen LogP) is 3.15. The number of carbonyl (C=O) groups excluding carboxylic acids is 1. The molecule has 0 aliphatic rings. The largest absolute Gasteiger partial charge is 0.484 e. The molecule has 0 fully saturated rings. The van der Waals surface area contributed by atoms with E-state index < -0.39 is 0 Å². The number of nitrogens with two attached hydrogens (primary N) is 1. The quantitative estimate of drug-likeness (QED) is 0.834. The molecule has 1 heterocycles. The summed E-state index contributed by atoms with van der Waals surface area (Å²) in [6.07, 6.45) is 0. The van der Waals surface area contributed by atoms with Crippen LogP contribution >= 0.6 is 11.3 Å². The van der Waals surface area contributed by atoms with Crippen molar-refractivity contribution in [2.45, 2.75) is 26.4 Å². The molecule has 1 aromatic carbocycles. The minimum absolute atomic E-state index is 0.0183. The van der Waals surface area contributed by atoms with Crippen LogP contribution in [-0.4, -0.2) is 23.5 Å². The van der Waals surface area contributed by atoms with Gasteiger partial charge in [0.15, 0.2) is 6.61 Å². The summed E-state index contributed by atoms with van der Waals surface area (Å²) in [4.78, 5) is 15.3. The molecule has 0 spiro atoms. The summed E-state index contributed by atoms with van der Waals surface area (Å²) in [6, 6.07) is 11.2. The average Bonchev–Trinajstić information content (AvgIpc) is 2.96. The SMILES string of the molecule is CC(C)N(Cc1cccs1)C(=O)COc1ccc(N)cc1. The number of thiophene rings is 1. The molecule has 0 aliphatic heterocycles. The molecule has 0 radical (unpaired) electrons. The van der Waals surface area contributed by atoms with Crippen LogP contribution in [0.25, 0.3) is 0 Å². The Bertz CT molecular complexity index is 564. The molecular weight excluding hydrogens is 284 g/mol. The molecule has 0 aliphatic carbocycles. The summed E-state index contributed by atoms with van der Waals surface area (Å²) in [5.41, 5.74) is 6.29. The highest BCUT2D eigenvalue weighted by molar-refractivity contribution is 7.09. The highest BCUT2D eigenvalue weighted by atomic mass is 32.1. The van der Waals surface area contributed by atoms with Crippen molar-refractivity contribution in [2.24, 2.45) is 0 Å². The third-order valence-electron chi connectivity index (χ3n) is 3.09. The van der Waals surface area contributed by atoms with Gasteiger partial charge in [-0.1, -0.05) is 6.07 Å². The number of benzene rings is 1. The fourth-order valence-corrected chi connectivity index (χ4v) is 2.62. The highest BCUT2D eigenvalue weighted by Crippen LogP contribution is 2.16. The van der Waals surface area contributed by atoms with Crippen LogP contribution in [-0.2, 0) is 11.3 Å². The molecule has 0 saturated carbocycles. The van der Waals surface area contributed by atoms with E-state index >= 15 is 0 Å². The van der Waals surface area contributed by atoms with Crippen molar-refractivity contribution in [3.63, 3.8) is 0 Å². The molecule has 112 valence electrons. The number of hydrogen-bond donors (Lipinski definition) is 1. The van der Waals surface area contributed by atoms with Crippen LogP contribution in [0, 0.1) is 0 Å². The van der Waals surface area contributed by atoms with Crippen LogP contribution < -0.4 is 10.5 Å². The van der Waals surface area contributed by atoms with Crippen LogP contribution in [0.4, 0.5) is 5.69 Å². The third-order valence-corrected chi connectivity index (χ3v) is 3.95. The molecule has 2 N–H and O–H groups in total. The van der Waals surface area contributed by atoms with E-state index in [9.17, 15) is 4.79 Å². The Balaban J connectivity index is 1.93. The number of carbonyl (C=O) groups is 1. The fraction of sp³-hybridized carbons (Fsp3) is 0.312. The van der Waals surface area contributed by atoms with Crippen LogP contribution in [0.15, 0.2) is 41.8 Å². The maximum absolute atomic E-state index is 12.3. The summed E-state index contributed by atoms with van der Waals surface area (Å²) in [6.45, 7) is 4.68. The molecule has 2 aromatic rings. The predicted molar refractivity (Wildman–Crippen MR) is 86.4 cm³/mol. The number of hydrogen-bond acceptors (Lipinski definition) is 4. The number of nitrogens with zero attached hydrogens (tertiary/aromatic N) is 1. The summed E-state index contributed by atoms with van der Waals surface area (Å²) in [5.74, 6) is 0.632. The van der Waals surface area contributed by atoms with Gasteiger partial charge in [-0.25, -0.2) is 0 Å². The van der Waals surface area contributed by atoms with E-state index in [1.165, 1.54) is 4.88 Å². The second-order valence-electron chi connectivity index (χ2n) is 5.05. The smallest absolute Gasteiger partial charge is 0.261 e. The lowest BCUT2D eigenvalue weighted by atomic mass is 10.3. The van der Waals surface area contributed by atoms with Gasteiger partial charge in [0, 0.05) is 16.6 Å². The maximum Gasteiger partial charge on any atom is 0.261 e. The van der Waals surface area contributed by atoms with Gasteiger partial charge in [0.05, 0.1) is 6.54 Å². The summed E-state index contributed by atoms with van der Waals surface area (Å²) < 4.78 is 5.53. The zero-order valence-electron chi connectivity index (χ0n) is 12.3. The average molecular weight is 304 g/mol. The van der Waals surface area contributed by atoms with Crippen LogP contribution in [0.5, 0.6) is 5.75 Å².